The van der Waals surface area contributed by atoms with Gasteiger partial charge < -0.3 is 5.11 Å². The number of aromatic hydroxyl groups is 1. The summed E-state index contributed by atoms with van der Waals surface area (Å²) in [6.45, 7) is 9.17. The van der Waals surface area contributed by atoms with Crippen molar-refractivity contribution in [2.24, 2.45) is 0 Å². The number of fused-ring (bicyclic) bond motifs is 1. The van der Waals surface area contributed by atoms with E-state index in [1.165, 1.54) is 0 Å². The van der Waals surface area contributed by atoms with E-state index in [9.17, 15) is 5.11 Å². The van der Waals surface area contributed by atoms with Crippen molar-refractivity contribution in [3.8, 4) is 78.6 Å². The van der Waals surface area contributed by atoms with Gasteiger partial charge in [-0.15, -0.1) is 23.8 Å². The monoisotopic (exact) mass is 1010 g/mol. The molecule has 9 aromatic rings. The first-order chi connectivity index (χ1) is 31.8. The summed E-state index contributed by atoms with van der Waals surface area (Å²) in [7, 11) is 0. The van der Waals surface area contributed by atoms with E-state index < -0.39 is 18.6 Å². The third-order valence-corrected chi connectivity index (χ3v) is 11.7. The Hall–Kier alpha value is -6.35. The summed E-state index contributed by atoms with van der Waals surface area (Å²) in [5, 5.41) is 11.4. The van der Waals surface area contributed by atoms with E-state index in [0.717, 1.165) is 72.5 Å². The van der Waals surface area contributed by atoms with Crippen molar-refractivity contribution in [1.82, 2.24) is 14.5 Å². The van der Waals surface area contributed by atoms with Crippen LogP contribution in [0.4, 0.5) is 0 Å². The maximum Gasteiger partial charge on any atom is 0.148 e. The van der Waals surface area contributed by atoms with E-state index in [4.69, 9.17) is 16.8 Å². The van der Waals surface area contributed by atoms with Crippen LogP contribution < -0.4 is 0 Å². The van der Waals surface area contributed by atoms with Crippen LogP contribution in [0.1, 0.15) is 88.4 Å². The van der Waals surface area contributed by atoms with Crippen LogP contribution in [0, 0.1) is 12.9 Å². The maximum atomic E-state index is 11.4. The molecule has 316 valence electrons. The first kappa shape index (κ1) is 37.2. The molecule has 4 nitrogen and oxygen atoms in total. The zero-order valence-corrected chi connectivity index (χ0v) is 38.5. The second kappa shape index (κ2) is 18.2. The third-order valence-electron chi connectivity index (χ3n) is 11.7. The van der Waals surface area contributed by atoms with Crippen molar-refractivity contribution in [3.63, 3.8) is 0 Å². The number of rotatable bonds is 10. The molecule has 0 saturated heterocycles. The van der Waals surface area contributed by atoms with E-state index >= 15 is 0 Å². The molecule has 0 amide bonds. The Kier molecular flexibility index (Phi) is 10.7. The Morgan fingerprint density at radius 3 is 1.95 bits per heavy atom. The van der Waals surface area contributed by atoms with Gasteiger partial charge in [0.25, 0.3) is 0 Å². The number of aryl methyl sites for hydroxylation is 1. The molecule has 63 heavy (non-hydrogen) atoms. The zero-order valence-electron chi connectivity index (χ0n) is 41.3. The zero-order chi connectivity index (χ0) is 47.4. The van der Waals surface area contributed by atoms with Gasteiger partial charge in [-0.1, -0.05) is 167 Å². The molecule has 0 unspecified atom stereocenters. The van der Waals surface area contributed by atoms with Crippen LogP contribution in [0.3, 0.4) is 0 Å². The number of benzene rings is 7. The molecule has 0 aliphatic heterocycles. The fourth-order valence-corrected chi connectivity index (χ4v) is 8.16. The Morgan fingerprint density at radius 2 is 1.22 bits per heavy atom. The van der Waals surface area contributed by atoms with E-state index in [2.05, 4.69) is 62.4 Å². The minimum absolute atomic E-state index is 0. The number of pyridine rings is 1. The topological polar surface area (TPSA) is 50.9 Å². The van der Waals surface area contributed by atoms with Gasteiger partial charge in [-0.05, 0) is 111 Å². The van der Waals surface area contributed by atoms with Gasteiger partial charge in [0, 0.05) is 39.8 Å². The Bertz CT molecular complexity index is 3290. The standard InChI is InChI=1S/C58H52N3O.Pt/c1-36(2)40-20-22-42(23-21-40)44-26-27-59-53(35-44)50-33-47(41-14-9-8-10-15-41)32-49(34-50)51-17-13-18-55-57(51)60-58(52-16-11-12-19-56(52)62)61(55)54-25-24-43(28-39(54)7)48-30-45(37(3)4)29-46(31-48)38(5)6;/h8-33,35-38,62H,1-7H3;/q-1;/i7D3,36D,37D;. The first-order valence-electron chi connectivity index (χ1n) is 23.6. The molecule has 2 aromatic heterocycles. The average Bonchev–Trinajstić information content (AvgIpc) is 3.70. The van der Waals surface area contributed by atoms with Crippen LogP contribution in [0.15, 0.2) is 164 Å². The molecule has 0 bridgehead atoms. The number of phenolic OH excluding ortho intramolecular Hbond substituents is 1. The molecule has 0 aliphatic carbocycles. The molecule has 5 heteroatoms. The SMILES string of the molecule is [2H]C([2H])([2H])c1cc(-c2cc(C(C)C)cc(C([2H])(C)C)c2)ccc1-n1c(-c2ccccc2O)nc2c(-c3[c-]c(-c4cc(-c5ccc(C([2H])(C)C)cc5)ccn4)cc(-c4ccccc4)c3)cccc21.[Pt]. The number of imidazole rings is 1. The quantitative estimate of drug-likeness (QED) is 0.139. The number of nitrogens with zero attached hydrogens (tertiary/aromatic N) is 3. The number of para-hydroxylation sites is 2. The number of phenols is 1. The summed E-state index contributed by atoms with van der Waals surface area (Å²) in [4.78, 5) is 10.2. The maximum absolute atomic E-state index is 11.4. The Balaban J connectivity index is 0.00000625. The van der Waals surface area contributed by atoms with Crippen molar-refractivity contribution in [2.45, 2.75) is 66.1 Å². The van der Waals surface area contributed by atoms with Crippen LogP contribution in [0.2, 0.25) is 0 Å². The second-order valence-electron chi connectivity index (χ2n) is 16.8. The summed E-state index contributed by atoms with van der Waals surface area (Å²) in [5.74, 6) is -0.983. The molecule has 0 atom stereocenters. The van der Waals surface area contributed by atoms with E-state index in [1.54, 1.807) is 30.5 Å². The van der Waals surface area contributed by atoms with E-state index in [0.29, 0.717) is 28.1 Å². The van der Waals surface area contributed by atoms with Crippen molar-refractivity contribution in [1.29, 1.82) is 0 Å². The summed E-state index contributed by atoms with van der Waals surface area (Å²) in [6, 6.07) is 54.7. The summed E-state index contributed by atoms with van der Waals surface area (Å²) in [5.41, 5.74) is 13.6. The van der Waals surface area contributed by atoms with Gasteiger partial charge in [0.15, 0.2) is 0 Å². The molecule has 7 aromatic carbocycles. The van der Waals surface area contributed by atoms with Gasteiger partial charge in [0.05, 0.1) is 22.3 Å². The largest absolute Gasteiger partial charge is 0.507 e. The van der Waals surface area contributed by atoms with Gasteiger partial charge in [0.2, 0.25) is 0 Å². The summed E-state index contributed by atoms with van der Waals surface area (Å²) < 4.78 is 46.0. The van der Waals surface area contributed by atoms with Gasteiger partial charge >= 0.3 is 0 Å². The molecule has 0 fully saturated rings. The number of hydrogen-bond donors (Lipinski definition) is 1. The molecular weight excluding hydrogens is 950 g/mol. The minimum Gasteiger partial charge on any atom is -0.507 e. The van der Waals surface area contributed by atoms with Gasteiger partial charge in [0.1, 0.15) is 11.6 Å². The van der Waals surface area contributed by atoms with E-state index in [-0.39, 0.29) is 38.3 Å². The molecule has 9 rings (SSSR count). The van der Waals surface area contributed by atoms with Crippen molar-refractivity contribution in [3.05, 3.63) is 192 Å². The minimum atomic E-state index is -2.54. The first-order valence-corrected chi connectivity index (χ1v) is 21.1. The Morgan fingerprint density at radius 1 is 0.571 bits per heavy atom. The van der Waals surface area contributed by atoms with Crippen LogP contribution in [-0.4, -0.2) is 19.6 Å². The molecule has 0 spiro atoms. The number of aromatic nitrogens is 3. The molecule has 2 heterocycles. The Labute approximate surface area is 393 Å². The van der Waals surface area contributed by atoms with Crippen LogP contribution >= 0.6 is 0 Å². The van der Waals surface area contributed by atoms with Crippen molar-refractivity contribution in [2.75, 3.05) is 0 Å². The molecule has 0 radical (unpaired) electrons. The fourth-order valence-electron chi connectivity index (χ4n) is 8.16. The van der Waals surface area contributed by atoms with Crippen LogP contribution in [0.25, 0.3) is 83.9 Å². The smallest absolute Gasteiger partial charge is 0.148 e. The van der Waals surface area contributed by atoms with Crippen LogP contribution in [-0.2, 0) is 21.1 Å². The molecular formula is C58H52N3OPt-. The molecule has 0 aliphatic rings. The predicted octanol–water partition coefficient (Wildman–Crippen LogP) is 15.6. The molecule has 0 saturated carbocycles. The molecule has 1 N–H and O–H groups in total. The predicted molar refractivity (Wildman–Crippen MR) is 259 cm³/mol. The fraction of sp³-hybridized carbons (Fsp3) is 0.172. The van der Waals surface area contributed by atoms with Gasteiger partial charge in [-0.2, -0.15) is 0 Å². The normalized spacial score (nSPS) is 13.2. The second-order valence-corrected chi connectivity index (χ2v) is 16.8. The van der Waals surface area contributed by atoms with E-state index in [1.807, 2.05) is 123 Å². The third kappa shape index (κ3) is 8.70. The average molecular weight is 1010 g/mol. The summed E-state index contributed by atoms with van der Waals surface area (Å²) in [6.07, 6.45) is 1.81. The van der Waals surface area contributed by atoms with Crippen LogP contribution in [0.5, 0.6) is 5.75 Å². The summed E-state index contributed by atoms with van der Waals surface area (Å²) >= 11 is 0. The van der Waals surface area contributed by atoms with Gasteiger partial charge in [-0.25, -0.2) is 4.98 Å². The van der Waals surface area contributed by atoms with Gasteiger partial charge in [-0.3, -0.25) is 9.55 Å². The van der Waals surface area contributed by atoms with Crippen molar-refractivity contribution >= 4 is 11.0 Å². The van der Waals surface area contributed by atoms with Crippen molar-refractivity contribution < 1.29 is 33.0 Å². The number of hydrogen-bond acceptors (Lipinski definition) is 3.